The van der Waals surface area contributed by atoms with E-state index in [1.807, 2.05) is 67.6 Å². The number of benzene rings is 3. The van der Waals surface area contributed by atoms with Crippen LogP contribution >= 0.6 is 12.2 Å². The molecule has 0 aliphatic heterocycles. The second-order valence-electron chi connectivity index (χ2n) is 7.60. The summed E-state index contributed by atoms with van der Waals surface area (Å²) in [5, 5.41) is 3.92. The average Bonchev–Trinajstić information content (AvgIpc) is 2.89. The monoisotopic (exact) mass is 496 g/mol. The van der Waals surface area contributed by atoms with E-state index in [9.17, 15) is 0 Å². The van der Waals surface area contributed by atoms with Crippen molar-refractivity contribution in [1.82, 2.24) is 4.90 Å². The molecule has 0 spiro atoms. The zero-order chi connectivity index (χ0) is 25.2. The van der Waals surface area contributed by atoms with E-state index in [0.29, 0.717) is 42.1 Å². The number of methoxy groups -OCH3 is 4. The van der Waals surface area contributed by atoms with E-state index in [1.54, 1.807) is 28.4 Å². The van der Waals surface area contributed by atoms with Crippen molar-refractivity contribution in [2.24, 2.45) is 0 Å². The maximum absolute atomic E-state index is 5.87. The van der Waals surface area contributed by atoms with Gasteiger partial charge in [-0.2, -0.15) is 0 Å². The molecule has 0 aliphatic rings. The number of rotatable bonds is 11. The standard InChI is InChI=1S/C27H32N2O5S/c1-6-34-23-10-8-7-9-22(23)28-27(35)29(17-19-11-13-21(30-2)14-12-19)18-20-15-24(31-3)26(33-5)25(16-20)32-4/h7-16H,6,17-18H2,1-5H3,(H,28,35). The topological polar surface area (TPSA) is 61.4 Å². The van der Waals surface area contributed by atoms with Crippen molar-refractivity contribution >= 4 is 23.0 Å². The fourth-order valence-corrected chi connectivity index (χ4v) is 3.88. The Bertz CT molecular complexity index is 1100. The lowest BCUT2D eigenvalue weighted by Gasteiger charge is -2.27. The summed E-state index contributed by atoms with van der Waals surface area (Å²) in [6, 6.07) is 19.5. The molecule has 7 nitrogen and oxygen atoms in total. The van der Waals surface area contributed by atoms with Gasteiger partial charge in [0.1, 0.15) is 11.5 Å². The van der Waals surface area contributed by atoms with Crippen LogP contribution in [0.2, 0.25) is 0 Å². The predicted molar refractivity (Wildman–Crippen MR) is 142 cm³/mol. The molecule has 0 amide bonds. The average molecular weight is 497 g/mol. The predicted octanol–water partition coefficient (Wildman–Crippen LogP) is 5.52. The van der Waals surface area contributed by atoms with Crippen molar-refractivity contribution in [3.05, 3.63) is 71.8 Å². The number of hydrogen-bond acceptors (Lipinski definition) is 6. The second kappa shape index (κ2) is 12.7. The first-order chi connectivity index (χ1) is 17.0. The number of nitrogens with one attached hydrogen (secondary N) is 1. The SMILES string of the molecule is CCOc1ccccc1NC(=S)N(Cc1ccc(OC)cc1)Cc1cc(OC)c(OC)c(OC)c1. The van der Waals surface area contributed by atoms with Crippen LogP contribution in [0, 0.1) is 0 Å². The van der Waals surface area contributed by atoms with Gasteiger partial charge in [-0.15, -0.1) is 0 Å². The second-order valence-corrected chi connectivity index (χ2v) is 7.98. The Balaban J connectivity index is 1.93. The molecule has 3 aromatic rings. The maximum atomic E-state index is 5.87. The molecule has 0 saturated carbocycles. The van der Waals surface area contributed by atoms with Gasteiger partial charge in [0.25, 0.3) is 0 Å². The van der Waals surface area contributed by atoms with Gasteiger partial charge in [0.15, 0.2) is 16.6 Å². The Morgan fingerprint density at radius 2 is 1.40 bits per heavy atom. The first-order valence-corrected chi connectivity index (χ1v) is 11.6. The molecule has 3 rings (SSSR count). The fraction of sp³-hybridized carbons (Fsp3) is 0.296. The first-order valence-electron chi connectivity index (χ1n) is 11.2. The molecule has 1 N–H and O–H groups in total. The molecule has 0 radical (unpaired) electrons. The molecule has 0 aromatic heterocycles. The number of anilines is 1. The van der Waals surface area contributed by atoms with E-state index in [2.05, 4.69) is 10.2 Å². The van der Waals surface area contributed by atoms with E-state index in [1.165, 1.54) is 0 Å². The molecule has 0 heterocycles. The van der Waals surface area contributed by atoms with Gasteiger partial charge < -0.3 is 33.9 Å². The van der Waals surface area contributed by atoms with Crippen LogP contribution in [0.4, 0.5) is 5.69 Å². The Morgan fingerprint density at radius 3 is 1.97 bits per heavy atom. The van der Waals surface area contributed by atoms with E-state index in [0.717, 1.165) is 28.3 Å². The summed E-state index contributed by atoms with van der Waals surface area (Å²) in [6.45, 7) is 3.59. The number of hydrogen-bond donors (Lipinski definition) is 1. The molecule has 3 aromatic carbocycles. The maximum Gasteiger partial charge on any atom is 0.203 e. The minimum Gasteiger partial charge on any atom is -0.497 e. The van der Waals surface area contributed by atoms with E-state index >= 15 is 0 Å². The van der Waals surface area contributed by atoms with Crippen molar-refractivity contribution < 1.29 is 23.7 Å². The number of para-hydroxylation sites is 2. The minimum absolute atomic E-state index is 0.505. The summed E-state index contributed by atoms with van der Waals surface area (Å²) < 4.78 is 27.6. The Morgan fingerprint density at radius 1 is 0.771 bits per heavy atom. The molecule has 186 valence electrons. The number of thiocarbonyl (C=S) groups is 1. The van der Waals surface area contributed by atoms with E-state index < -0.39 is 0 Å². The summed E-state index contributed by atoms with van der Waals surface area (Å²) in [6.07, 6.45) is 0. The number of nitrogens with zero attached hydrogens (tertiary/aromatic N) is 1. The summed E-state index contributed by atoms with van der Waals surface area (Å²) in [4.78, 5) is 2.07. The molecular formula is C27H32N2O5S. The summed E-state index contributed by atoms with van der Waals surface area (Å²) in [7, 11) is 6.45. The largest absolute Gasteiger partial charge is 0.497 e. The zero-order valence-corrected chi connectivity index (χ0v) is 21.6. The summed E-state index contributed by atoms with van der Waals surface area (Å²) in [5.41, 5.74) is 2.85. The van der Waals surface area contributed by atoms with Gasteiger partial charge in [-0.1, -0.05) is 24.3 Å². The Kier molecular flexibility index (Phi) is 9.43. The third-order valence-electron chi connectivity index (χ3n) is 5.35. The molecule has 8 heteroatoms. The summed E-state index contributed by atoms with van der Waals surface area (Å²) in [5.74, 6) is 3.27. The van der Waals surface area contributed by atoms with E-state index in [-0.39, 0.29) is 0 Å². The molecule has 0 unspecified atom stereocenters. The van der Waals surface area contributed by atoms with Gasteiger partial charge >= 0.3 is 0 Å². The lowest BCUT2D eigenvalue weighted by molar-refractivity contribution is 0.322. The molecule has 0 atom stereocenters. The smallest absolute Gasteiger partial charge is 0.203 e. The fourth-order valence-electron chi connectivity index (χ4n) is 3.64. The van der Waals surface area contributed by atoms with Crippen LogP contribution in [-0.4, -0.2) is 45.1 Å². The van der Waals surface area contributed by atoms with Gasteiger partial charge in [-0.25, -0.2) is 0 Å². The third kappa shape index (κ3) is 6.70. The Labute approximate surface area is 212 Å². The molecule has 0 fully saturated rings. The van der Waals surface area contributed by atoms with Crippen molar-refractivity contribution in [1.29, 1.82) is 0 Å². The van der Waals surface area contributed by atoms with Crippen LogP contribution in [0.15, 0.2) is 60.7 Å². The highest BCUT2D eigenvalue weighted by Crippen LogP contribution is 2.38. The molecule has 35 heavy (non-hydrogen) atoms. The molecular weight excluding hydrogens is 464 g/mol. The summed E-state index contributed by atoms with van der Waals surface area (Å²) >= 11 is 5.87. The Hall–Kier alpha value is -3.65. The van der Waals surface area contributed by atoms with Gasteiger partial charge in [-0.05, 0) is 66.7 Å². The molecule has 0 bridgehead atoms. The van der Waals surface area contributed by atoms with Crippen LogP contribution in [0.5, 0.6) is 28.7 Å². The zero-order valence-electron chi connectivity index (χ0n) is 20.8. The van der Waals surface area contributed by atoms with Crippen LogP contribution < -0.4 is 29.0 Å². The lowest BCUT2D eigenvalue weighted by atomic mass is 10.1. The van der Waals surface area contributed by atoms with E-state index in [4.69, 9.17) is 35.9 Å². The molecule has 0 aliphatic carbocycles. The van der Waals surface area contributed by atoms with Crippen molar-refractivity contribution in [3.8, 4) is 28.7 Å². The van der Waals surface area contributed by atoms with Crippen molar-refractivity contribution in [3.63, 3.8) is 0 Å². The normalized spacial score (nSPS) is 10.3. The van der Waals surface area contributed by atoms with Crippen LogP contribution in [0.3, 0.4) is 0 Å². The number of ether oxygens (including phenoxy) is 5. The van der Waals surface area contributed by atoms with Gasteiger partial charge in [-0.3, -0.25) is 0 Å². The first kappa shape index (κ1) is 26.0. The highest BCUT2D eigenvalue weighted by molar-refractivity contribution is 7.80. The van der Waals surface area contributed by atoms with Gasteiger partial charge in [0, 0.05) is 13.1 Å². The van der Waals surface area contributed by atoms with Crippen LogP contribution in [0.1, 0.15) is 18.1 Å². The van der Waals surface area contributed by atoms with Gasteiger partial charge in [0.2, 0.25) is 5.75 Å². The van der Waals surface area contributed by atoms with Crippen LogP contribution in [0.25, 0.3) is 0 Å². The molecule has 0 saturated heterocycles. The van der Waals surface area contributed by atoms with Crippen molar-refractivity contribution in [2.45, 2.75) is 20.0 Å². The quantitative estimate of drug-likeness (QED) is 0.348. The minimum atomic E-state index is 0.505. The highest BCUT2D eigenvalue weighted by Gasteiger charge is 2.18. The van der Waals surface area contributed by atoms with Crippen molar-refractivity contribution in [2.75, 3.05) is 40.4 Å². The van der Waals surface area contributed by atoms with Gasteiger partial charge in [0.05, 0.1) is 40.7 Å². The lowest BCUT2D eigenvalue weighted by Crippen LogP contribution is -2.34. The van der Waals surface area contributed by atoms with Crippen LogP contribution in [-0.2, 0) is 13.1 Å². The highest BCUT2D eigenvalue weighted by atomic mass is 32.1. The third-order valence-corrected chi connectivity index (χ3v) is 5.71.